The van der Waals surface area contributed by atoms with Crippen molar-refractivity contribution < 1.29 is 8.78 Å². The first-order valence-electron chi connectivity index (χ1n) is 20.9. The normalized spacial score (nSPS) is 14.7. The monoisotopic (exact) mass is 786 g/mol. The second kappa shape index (κ2) is 26.4. The number of alkyl halides is 2. The van der Waals surface area contributed by atoms with E-state index in [9.17, 15) is 8.78 Å². The quantitative estimate of drug-likeness (QED) is 0.137. The zero-order valence-corrected chi connectivity index (χ0v) is 37.7. The van der Waals surface area contributed by atoms with Gasteiger partial charge in [0.15, 0.2) is 0 Å². The van der Waals surface area contributed by atoms with Crippen LogP contribution in [0.4, 0.5) is 8.78 Å². The molecule has 1 saturated heterocycles. The lowest BCUT2D eigenvalue weighted by Crippen LogP contribution is -2.26. The Morgan fingerprint density at radius 3 is 1.80 bits per heavy atom. The molecule has 1 fully saturated rings. The molecule has 1 aliphatic heterocycles. The highest BCUT2D eigenvalue weighted by Crippen LogP contribution is 2.33. The Morgan fingerprint density at radius 2 is 1.34 bits per heavy atom. The molecule has 1 aliphatic rings. The van der Waals surface area contributed by atoms with Gasteiger partial charge >= 0.3 is 0 Å². The van der Waals surface area contributed by atoms with E-state index >= 15 is 0 Å². The second-order valence-corrected chi connectivity index (χ2v) is 16.2. The van der Waals surface area contributed by atoms with Gasteiger partial charge in [-0.1, -0.05) is 171 Å². The lowest BCUT2D eigenvalue weighted by Gasteiger charge is -2.21. The van der Waals surface area contributed by atoms with E-state index in [1.807, 2.05) is 39.0 Å². The molecule has 1 nitrogen and oxygen atoms in total. The van der Waals surface area contributed by atoms with E-state index in [4.69, 9.17) is 11.6 Å². The van der Waals surface area contributed by atoms with Crippen molar-refractivity contribution in [2.45, 2.75) is 146 Å². The van der Waals surface area contributed by atoms with E-state index in [0.717, 1.165) is 66.1 Å². The first-order valence-corrected chi connectivity index (χ1v) is 21.3. The molecule has 0 bridgehead atoms. The number of likely N-dealkylation sites (tertiary alicyclic amines) is 1. The molecular weight excluding hydrogens is 712 g/mol. The fraction of sp³-hybridized carbons (Fsp3) is 0.462. The lowest BCUT2D eigenvalue weighted by molar-refractivity contribution is 0.0174. The summed E-state index contributed by atoms with van der Waals surface area (Å²) < 4.78 is 27.0. The molecule has 0 spiro atoms. The topological polar surface area (TPSA) is 3.24 Å². The molecule has 1 heterocycles. The smallest absolute Gasteiger partial charge is 0.270 e. The summed E-state index contributed by atoms with van der Waals surface area (Å²) in [6, 6.07) is 31.1. The molecule has 0 radical (unpaired) electrons. The van der Waals surface area contributed by atoms with Gasteiger partial charge in [-0.15, -0.1) is 6.58 Å². The number of allylic oxidation sites excluding steroid dienone is 1. The number of hydrogen-bond donors (Lipinski definition) is 0. The van der Waals surface area contributed by atoms with Crippen LogP contribution in [0.5, 0.6) is 0 Å². The maximum absolute atomic E-state index is 13.5. The number of hydrogen-bond acceptors (Lipinski definition) is 1. The third-order valence-corrected chi connectivity index (χ3v) is 9.98. The van der Waals surface area contributed by atoms with Gasteiger partial charge in [-0.05, 0) is 121 Å². The van der Waals surface area contributed by atoms with E-state index in [2.05, 4.69) is 140 Å². The van der Waals surface area contributed by atoms with Crippen molar-refractivity contribution in [3.8, 4) is 0 Å². The second-order valence-electron chi connectivity index (χ2n) is 15.7. The Balaban J connectivity index is 0.000000493. The maximum atomic E-state index is 13.5. The molecule has 0 saturated carbocycles. The predicted octanol–water partition coefficient (Wildman–Crippen LogP) is 16.6. The molecule has 4 heteroatoms. The Hall–Kier alpha value is -3.53. The molecule has 56 heavy (non-hydrogen) atoms. The molecule has 308 valence electrons. The van der Waals surface area contributed by atoms with E-state index < -0.39 is 5.92 Å². The fourth-order valence-electron chi connectivity index (χ4n) is 6.29. The van der Waals surface area contributed by atoms with Crippen molar-refractivity contribution in [1.29, 1.82) is 0 Å². The summed E-state index contributed by atoms with van der Waals surface area (Å²) in [6.07, 6.45) is 7.36. The highest BCUT2D eigenvalue weighted by molar-refractivity contribution is 6.30. The zero-order valence-electron chi connectivity index (χ0n) is 37.0. The van der Waals surface area contributed by atoms with Crippen LogP contribution in [0, 0.1) is 19.8 Å². The molecule has 0 aromatic heterocycles. The highest BCUT2D eigenvalue weighted by Gasteiger charge is 2.24. The number of nitrogens with zero attached hydrogens (tertiary/aromatic N) is 1. The highest BCUT2D eigenvalue weighted by atomic mass is 35.5. The van der Waals surface area contributed by atoms with E-state index in [1.54, 1.807) is 6.07 Å². The predicted molar refractivity (Wildman–Crippen MR) is 245 cm³/mol. The van der Waals surface area contributed by atoms with Crippen LogP contribution in [0.2, 0.25) is 5.02 Å². The van der Waals surface area contributed by atoms with Crippen molar-refractivity contribution in [2.24, 2.45) is 5.92 Å². The summed E-state index contributed by atoms with van der Waals surface area (Å²) in [6.45, 7) is 34.5. The molecule has 4 aromatic carbocycles. The van der Waals surface area contributed by atoms with Gasteiger partial charge in [0, 0.05) is 30.1 Å². The average molecular weight is 787 g/mol. The van der Waals surface area contributed by atoms with Crippen molar-refractivity contribution in [1.82, 2.24) is 4.90 Å². The molecule has 0 aliphatic carbocycles. The summed E-state index contributed by atoms with van der Waals surface area (Å²) in [5, 5.41) is 0.800. The zero-order chi connectivity index (χ0) is 42.4. The number of aryl methyl sites for hydroxylation is 3. The van der Waals surface area contributed by atoms with Gasteiger partial charge in [-0.2, -0.15) is 0 Å². The SMILES string of the molecule is C=CC1CCCN1Cc1ccc(C(=C)CCc2ccc(C(C)(F)F)cc2C)cc1.CC.CC(C)C.CCC.Cc1ccc(C(C)C(C)c2ccc(Cl)cc2)cc1. The van der Waals surface area contributed by atoms with E-state index in [1.165, 1.54) is 47.6 Å². The first kappa shape index (κ1) is 50.5. The van der Waals surface area contributed by atoms with E-state index in [-0.39, 0.29) is 5.56 Å². The van der Waals surface area contributed by atoms with Crippen molar-refractivity contribution >= 4 is 17.2 Å². The standard InChI is InChI=1S/C26H31F2N.C17H19Cl.C4H10.C3H8.C2H6/c1-5-25-7-6-16-29(25)18-21-9-12-22(13-10-21)19(2)8-11-23-14-15-24(17-20(23)3)26(4,27)28;1-12-4-6-15(7-5-12)13(2)14(3)16-8-10-17(18)11-9-16;1-4(2)3;1-3-2;1-2/h5,9-10,12-15,17,25H,1-2,6-8,11,16,18H2,3-4H3;4-11,13-14H,1-3H3;4H,1-3H3;3H2,1-2H3;1-2H3. The molecule has 0 N–H and O–H groups in total. The molecule has 0 amide bonds. The Morgan fingerprint density at radius 1 is 0.839 bits per heavy atom. The van der Waals surface area contributed by atoms with Crippen LogP contribution >= 0.6 is 11.6 Å². The number of halogens is 3. The fourth-order valence-corrected chi connectivity index (χ4v) is 6.41. The van der Waals surface area contributed by atoms with Gasteiger partial charge in [0.05, 0.1) is 0 Å². The summed E-state index contributed by atoms with van der Waals surface area (Å²) in [7, 11) is 0. The van der Waals surface area contributed by atoms with E-state index in [0.29, 0.717) is 17.9 Å². The first-order chi connectivity index (χ1) is 26.5. The molecule has 3 atom stereocenters. The van der Waals surface area contributed by atoms with Crippen LogP contribution in [0.25, 0.3) is 5.57 Å². The van der Waals surface area contributed by atoms with Crippen LogP contribution < -0.4 is 0 Å². The van der Waals surface area contributed by atoms with Crippen molar-refractivity contribution in [2.75, 3.05) is 6.54 Å². The molecular formula is C52H74ClF2N. The maximum Gasteiger partial charge on any atom is 0.270 e. The third-order valence-electron chi connectivity index (χ3n) is 9.73. The van der Waals surface area contributed by atoms with Crippen LogP contribution in [-0.4, -0.2) is 17.5 Å². The Bertz CT molecular complexity index is 1610. The van der Waals surface area contributed by atoms with Gasteiger partial charge < -0.3 is 0 Å². The third kappa shape index (κ3) is 18.2. The lowest BCUT2D eigenvalue weighted by atomic mass is 9.84. The summed E-state index contributed by atoms with van der Waals surface area (Å²) in [4.78, 5) is 2.48. The van der Waals surface area contributed by atoms with Gasteiger partial charge in [0.25, 0.3) is 5.92 Å². The van der Waals surface area contributed by atoms with Gasteiger partial charge in [-0.3, -0.25) is 4.90 Å². The molecule has 4 aromatic rings. The minimum absolute atomic E-state index is 0.0739. The van der Waals surface area contributed by atoms with Gasteiger partial charge in [0.1, 0.15) is 0 Å². The summed E-state index contributed by atoms with van der Waals surface area (Å²) >= 11 is 5.93. The minimum atomic E-state index is -2.80. The van der Waals surface area contributed by atoms with Gasteiger partial charge in [0.2, 0.25) is 0 Å². The minimum Gasteiger partial charge on any atom is -0.293 e. The van der Waals surface area contributed by atoms with Crippen molar-refractivity contribution in [3.05, 3.63) is 160 Å². The average Bonchev–Trinajstić information content (AvgIpc) is 3.62. The van der Waals surface area contributed by atoms with Crippen LogP contribution in [-0.2, 0) is 18.9 Å². The van der Waals surface area contributed by atoms with Crippen LogP contribution in [0.3, 0.4) is 0 Å². The molecule has 5 rings (SSSR count). The van der Waals surface area contributed by atoms with Crippen LogP contribution in [0.15, 0.2) is 110 Å². The Kier molecular flexibility index (Phi) is 23.8. The van der Waals surface area contributed by atoms with Gasteiger partial charge in [-0.25, -0.2) is 8.78 Å². The Labute approximate surface area is 347 Å². The van der Waals surface area contributed by atoms with Crippen LogP contribution in [0.1, 0.15) is 151 Å². The summed E-state index contributed by atoms with van der Waals surface area (Å²) in [5.74, 6) is -0.966. The molecule has 3 unspecified atom stereocenters. The largest absolute Gasteiger partial charge is 0.293 e. The number of rotatable bonds is 11. The summed E-state index contributed by atoms with van der Waals surface area (Å²) in [5.41, 5.74) is 9.65. The van der Waals surface area contributed by atoms with Crippen molar-refractivity contribution in [3.63, 3.8) is 0 Å². The number of benzene rings is 4.